The summed E-state index contributed by atoms with van der Waals surface area (Å²) in [5, 5.41) is 20.7. The van der Waals surface area contributed by atoms with Crippen LogP contribution in [0.5, 0.6) is 0 Å². The number of amides is 1. The summed E-state index contributed by atoms with van der Waals surface area (Å²) in [5.41, 5.74) is 0. The van der Waals surface area contributed by atoms with Crippen molar-refractivity contribution in [3.8, 4) is 0 Å². The summed E-state index contributed by atoms with van der Waals surface area (Å²) in [6.45, 7) is 11.1. The number of aliphatic hydroxyl groups excluding tert-OH is 2. The van der Waals surface area contributed by atoms with Crippen molar-refractivity contribution in [2.45, 2.75) is 79.4 Å². The Hall–Kier alpha value is -1.27. The third kappa shape index (κ3) is 13.2. The van der Waals surface area contributed by atoms with Crippen molar-refractivity contribution in [2.75, 3.05) is 6.54 Å². The minimum Gasteiger partial charge on any atom is -0.391 e. The van der Waals surface area contributed by atoms with Crippen molar-refractivity contribution >= 4 is 17.5 Å². The van der Waals surface area contributed by atoms with Crippen LogP contribution in [-0.4, -0.2) is 46.4 Å². The van der Waals surface area contributed by atoms with Gasteiger partial charge >= 0.3 is 0 Å². The van der Waals surface area contributed by atoms with Crippen molar-refractivity contribution in [3.05, 3.63) is 0 Å². The van der Waals surface area contributed by atoms with Gasteiger partial charge in [-0.25, -0.2) is 0 Å². The highest BCUT2D eigenvalue weighted by Crippen LogP contribution is 2.02. The average Bonchev–Trinajstić information content (AvgIpc) is 2.55. The van der Waals surface area contributed by atoms with E-state index in [9.17, 15) is 19.5 Å². The lowest BCUT2D eigenvalue weighted by Gasteiger charge is -2.09. The van der Waals surface area contributed by atoms with E-state index in [1.165, 1.54) is 0 Å². The molecule has 0 fully saturated rings. The molecular formula is C18H35NO5. The van der Waals surface area contributed by atoms with Crippen LogP contribution in [0.2, 0.25) is 0 Å². The van der Waals surface area contributed by atoms with Gasteiger partial charge in [0.05, 0.1) is 6.10 Å². The van der Waals surface area contributed by atoms with Crippen LogP contribution in [0.4, 0.5) is 0 Å². The zero-order valence-corrected chi connectivity index (χ0v) is 16.0. The monoisotopic (exact) mass is 345 g/mol. The van der Waals surface area contributed by atoms with E-state index in [0.717, 1.165) is 0 Å². The van der Waals surface area contributed by atoms with E-state index in [-0.39, 0.29) is 48.7 Å². The molecular weight excluding hydrogens is 310 g/mol. The normalized spacial score (nSPS) is 13.1. The lowest BCUT2D eigenvalue weighted by molar-refractivity contribution is -0.130. The largest absolute Gasteiger partial charge is 0.391 e. The number of hydrogen-bond donors (Lipinski definition) is 3. The van der Waals surface area contributed by atoms with Gasteiger partial charge in [0.25, 0.3) is 0 Å². The van der Waals surface area contributed by atoms with Gasteiger partial charge in [-0.05, 0) is 12.8 Å². The molecule has 0 aromatic carbocycles. The van der Waals surface area contributed by atoms with E-state index in [2.05, 4.69) is 5.32 Å². The lowest BCUT2D eigenvalue weighted by Crippen LogP contribution is -2.32. The molecule has 0 saturated heterocycles. The molecule has 2 unspecified atom stereocenters. The van der Waals surface area contributed by atoms with Crippen LogP contribution < -0.4 is 5.32 Å². The molecule has 0 heterocycles. The fourth-order valence-electron chi connectivity index (χ4n) is 1.58. The Morgan fingerprint density at radius 3 is 1.75 bits per heavy atom. The summed E-state index contributed by atoms with van der Waals surface area (Å²) in [5.74, 6) is -0.186. The average molecular weight is 345 g/mol. The molecule has 3 N–H and O–H groups in total. The highest BCUT2D eigenvalue weighted by molar-refractivity contribution is 5.86. The summed E-state index contributed by atoms with van der Waals surface area (Å²) < 4.78 is 0. The standard InChI is InChI=1S/C11H21NO3.C7H14O2/c1-4-9(13)7-12-11(15)6-5-10(14)8(2)3;1-4-6(8)7(9)5(2)3/h8-9,13H,4-7H2,1-3H3,(H,12,15);5-6,8H,4H2,1-3H3. The molecule has 1 amide bonds. The Morgan fingerprint density at radius 2 is 1.42 bits per heavy atom. The molecule has 0 aliphatic rings. The van der Waals surface area contributed by atoms with Gasteiger partial charge in [-0.3, -0.25) is 14.4 Å². The second-order valence-electron chi connectivity index (χ2n) is 6.47. The number of ketones is 2. The smallest absolute Gasteiger partial charge is 0.220 e. The Morgan fingerprint density at radius 1 is 0.875 bits per heavy atom. The fourth-order valence-corrected chi connectivity index (χ4v) is 1.58. The van der Waals surface area contributed by atoms with Crippen LogP contribution in [0.3, 0.4) is 0 Å². The van der Waals surface area contributed by atoms with Crippen LogP contribution in [0, 0.1) is 11.8 Å². The summed E-state index contributed by atoms with van der Waals surface area (Å²) in [7, 11) is 0. The minimum atomic E-state index is -0.745. The van der Waals surface area contributed by atoms with Crippen molar-refractivity contribution in [1.29, 1.82) is 0 Å². The molecule has 6 nitrogen and oxygen atoms in total. The predicted octanol–water partition coefficient (Wildman–Crippen LogP) is 1.86. The quantitative estimate of drug-likeness (QED) is 0.561. The van der Waals surface area contributed by atoms with E-state index >= 15 is 0 Å². The number of carbonyl (C=O) groups excluding carboxylic acids is 3. The van der Waals surface area contributed by atoms with Gasteiger partial charge < -0.3 is 15.5 Å². The Kier molecular flexibility index (Phi) is 14.7. The third-order valence-corrected chi connectivity index (χ3v) is 3.53. The minimum absolute atomic E-state index is 0.0148. The Bertz CT molecular complexity index is 380. The Labute approximate surface area is 146 Å². The van der Waals surface area contributed by atoms with Gasteiger partial charge in [-0.2, -0.15) is 0 Å². The van der Waals surface area contributed by atoms with Crippen LogP contribution in [0.15, 0.2) is 0 Å². The second kappa shape index (κ2) is 14.1. The van der Waals surface area contributed by atoms with Crippen LogP contribution in [0.25, 0.3) is 0 Å². The van der Waals surface area contributed by atoms with Crippen LogP contribution >= 0.6 is 0 Å². The molecule has 0 aliphatic heterocycles. The number of aliphatic hydroxyl groups is 2. The van der Waals surface area contributed by atoms with Crippen LogP contribution in [-0.2, 0) is 14.4 Å². The third-order valence-electron chi connectivity index (χ3n) is 3.53. The number of nitrogens with one attached hydrogen (secondary N) is 1. The van der Waals surface area contributed by atoms with E-state index in [1.807, 2.05) is 20.8 Å². The molecule has 0 bridgehead atoms. The first-order valence-corrected chi connectivity index (χ1v) is 8.75. The van der Waals surface area contributed by atoms with E-state index in [4.69, 9.17) is 5.11 Å². The maximum atomic E-state index is 11.2. The zero-order valence-electron chi connectivity index (χ0n) is 16.0. The first kappa shape index (κ1) is 25.0. The molecule has 0 saturated carbocycles. The molecule has 24 heavy (non-hydrogen) atoms. The van der Waals surface area contributed by atoms with Gasteiger partial charge in [0.2, 0.25) is 5.91 Å². The van der Waals surface area contributed by atoms with Gasteiger partial charge in [-0.15, -0.1) is 0 Å². The first-order valence-electron chi connectivity index (χ1n) is 8.75. The summed E-state index contributed by atoms with van der Waals surface area (Å²) >= 11 is 0. The SMILES string of the molecule is CCC(O)C(=O)C(C)C.CCC(O)CNC(=O)CCC(=O)C(C)C. The van der Waals surface area contributed by atoms with Crippen molar-refractivity contribution in [2.24, 2.45) is 11.8 Å². The molecule has 142 valence electrons. The fraction of sp³-hybridized carbons (Fsp3) is 0.833. The van der Waals surface area contributed by atoms with Crippen molar-refractivity contribution in [1.82, 2.24) is 5.32 Å². The molecule has 0 radical (unpaired) electrons. The first-order chi connectivity index (χ1) is 11.1. The van der Waals surface area contributed by atoms with Gasteiger partial charge in [-0.1, -0.05) is 41.5 Å². The highest BCUT2D eigenvalue weighted by Gasteiger charge is 2.15. The molecule has 0 aromatic rings. The van der Waals surface area contributed by atoms with Gasteiger partial charge in [0.15, 0.2) is 5.78 Å². The zero-order chi connectivity index (χ0) is 19.3. The summed E-state index contributed by atoms with van der Waals surface area (Å²) in [6.07, 6.45) is 0.404. The maximum Gasteiger partial charge on any atom is 0.220 e. The Balaban J connectivity index is 0. The molecule has 0 aliphatic carbocycles. The lowest BCUT2D eigenvalue weighted by atomic mass is 10.0. The maximum absolute atomic E-state index is 11.2. The van der Waals surface area contributed by atoms with E-state index in [0.29, 0.717) is 12.8 Å². The molecule has 2 atom stereocenters. The number of carbonyl (C=O) groups is 3. The topological polar surface area (TPSA) is 104 Å². The number of rotatable bonds is 10. The van der Waals surface area contributed by atoms with E-state index in [1.54, 1.807) is 20.8 Å². The highest BCUT2D eigenvalue weighted by atomic mass is 16.3. The van der Waals surface area contributed by atoms with E-state index < -0.39 is 12.2 Å². The predicted molar refractivity (Wildman–Crippen MR) is 94.5 cm³/mol. The number of Topliss-reactive ketones (excluding diaryl/α,β-unsaturated/α-hetero) is 2. The molecule has 0 rings (SSSR count). The van der Waals surface area contributed by atoms with Crippen molar-refractivity contribution < 1.29 is 24.6 Å². The summed E-state index contributed by atoms with van der Waals surface area (Å²) in [4.78, 5) is 33.3. The summed E-state index contributed by atoms with van der Waals surface area (Å²) in [6, 6.07) is 0. The molecule has 6 heteroatoms. The van der Waals surface area contributed by atoms with Crippen LogP contribution in [0.1, 0.15) is 67.2 Å². The second-order valence-corrected chi connectivity index (χ2v) is 6.47. The number of hydrogen-bond acceptors (Lipinski definition) is 5. The molecule has 0 spiro atoms. The van der Waals surface area contributed by atoms with Gasteiger partial charge in [0.1, 0.15) is 11.9 Å². The van der Waals surface area contributed by atoms with Crippen molar-refractivity contribution in [3.63, 3.8) is 0 Å². The van der Waals surface area contributed by atoms with Gasteiger partial charge in [0, 0.05) is 31.2 Å². The molecule has 0 aromatic heterocycles.